The van der Waals surface area contributed by atoms with Crippen LogP contribution < -0.4 is 4.90 Å². The molecule has 4 nitrogen and oxygen atoms in total. The lowest BCUT2D eigenvalue weighted by atomic mass is 10.1. The zero-order chi connectivity index (χ0) is 17.8. The Kier molecular flexibility index (Phi) is 4.56. The highest BCUT2D eigenvalue weighted by Crippen LogP contribution is 2.27. The molecule has 128 valence electrons. The van der Waals surface area contributed by atoms with E-state index >= 15 is 0 Å². The number of aromatic nitrogens is 3. The zero-order valence-corrected chi connectivity index (χ0v) is 14.7. The summed E-state index contributed by atoms with van der Waals surface area (Å²) < 4.78 is 0. The van der Waals surface area contributed by atoms with E-state index in [2.05, 4.69) is 35.1 Å². The van der Waals surface area contributed by atoms with Gasteiger partial charge in [-0.15, -0.1) is 0 Å². The Morgan fingerprint density at radius 1 is 0.808 bits per heavy atom. The van der Waals surface area contributed by atoms with Crippen molar-refractivity contribution in [1.29, 1.82) is 0 Å². The van der Waals surface area contributed by atoms with Gasteiger partial charge in [-0.05, 0) is 36.2 Å². The van der Waals surface area contributed by atoms with E-state index in [-0.39, 0.29) is 0 Å². The molecule has 0 aliphatic carbocycles. The summed E-state index contributed by atoms with van der Waals surface area (Å²) in [6, 6.07) is 22.4. The molecule has 0 amide bonds. The fourth-order valence-corrected chi connectivity index (χ4v) is 3.02. The van der Waals surface area contributed by atoms with E-state index in [1.54, 1.807) is 0 Å². The molecule has 0 bridgehead atoms. The van der Waals surface area contributed by atoms with E-state index in [1.807, 2.05) is 60.9 Å². The molecular weight excluding hydrogens is 320 g/mol. The lowest BCUT2D eigenvalue weighted by Gasteiger charge is -2.20. The Hall–Kier alpha value is -3.27. The van der Waals surface area contributed by atoms with Gasteiger partial charge < -0.3 is 4.90 Å². The first-order valence-electron chi connectivity index (χ1n) is 8.73. The maximum Gasteiger partial charge on any atom is 0.162 e. The van der Waals surface area contributed by atoms with Gasteiger partial charge in [0.1, 0.15) is 5.82 Å². The van der Waals surface area contributed by atoms with Crippen molar-refractivity contribution in [2.45, 2.75) is 6.42 Å². The summed E-state index contributed by atoms with van der Waals surface area (Å²) >= 11 is 0. The number of hydrogen-bond donors (Lipinski definition) is 0. The Balaban J connectivity index is 1.70. The molecule has 4 heteroatoms. The van der Waals surface area contributed by atoms with Crippen molar-refractivity contribution in [3.8, 4) is 11.4 Å². The van der Waals surface area contributed by atoms with E-state index in [9.17, 15) is 0 Å². The lowest BCUT2D eigenvalue weighted by molar-refractivity contribution is 0.861. The summed E-state index contributed by atoms with van der Waals surface area (Å²) in [5.74, 6) is 1.72. The van der Waals surface area contributed by atoms with Crippen molar-refractivity contribution in [3.63, 3.8) is 0 Å². The largest absolute Gasteiger partial charge is 0.359 e. The zero-order valence-electron chi connectivity index (χ0n) is 14.7. The number of para-hydroxylation sites is 1. The lowest BCUT2D eigenvalue weighted by Crippen LogP contribution is -2.22. The molecular formula is C22H20N4. The second-order valence-electron chi connectivity index (χ2n) is 6.28. The molecule has 0 unspecified atom stereocenters. The third-order valence-electron chi connectivity index (χ3n) is 4.46. The van der Waals surface area contributed by atoms with Crippen LogP contribution in [0.5, 0.6) is 0 Å². The van der Waals surface area contributed by atoms with Crippen molar-refractivity contribution < 1.29 is 0 Å². The maximum absolute atomic E-state index is 4.89. The van der Waals surface area contributed by atoms with Crippen LogP contribution in [-0.2, 0) is 6.42 Å². The van der Waals surface area contributed by atoms with Gasteiger partial charge in [0.05, 0.1) is 5.52 Å². The van der Waals surface area contributed by atoms with Crippen LogP contribution >= 0.6 is 0 Å². The number of rotatable bonds is 5. The first kappa shape index (κ1) is 16.2. The van der Waals surface area contributed by atoms with Crippen LogP contribution in [0.1, 0.15) is 5.56 Å². The summed E-state index contributed by atoms with van der Waals surface area (Å²) in [6.45, 7) is 0.874. The highest BCUT2D eigenvalue weighted by molar-refractivity contribution is 5.91. The summed E-state index contributed by atoms with van der Waals surface area (Å²) in [5, 5.41) is 1.07. The third-order valence-corrected chi connectivity index (χ3v) is 4.46. The molecule has 26 heavy (non-hydrogen) atoms. The Morgan fingerprint density at radius 3 is 2.35 bits per heavy atom. The predicted molar refractivity (Wildman–Crippen MR) is 106 cm³/mol. The molecule has 0 saturated carbocycles. The van der Waals surface area contributed by atoms with Gasteiger partial charge in [-0.25, -0.2) is 9.97 Å². The van der Waals surface area contributed by atoms with Gasteiger partial charge in [0.15, 0.2) is 5.82 Å². The minimum Gasteiger partial charge on any atom is -0.359 e. The fraction of sp³-hybridized carbons (Fsp3) is 0.136. The number of nitrogens with zero attached hydrogens (tertiary/aromatic N) is 4. The van der Waals surface area contributed by atoms with Crippen LogP contribution in [0.4, 0.5) is 5.82 Å². The molecule has 0 fully saturated rings. The quantitative estimate of drug-likeness (QED) is 0.541. The summed E-state index contributed by atoms with van der Waals surface area (Å²) in [6.07, 6.45) is 4.61. The predicted octanol–water partition coefficient (Wildman–Crippen LogP) is 4.37. The third kappa shape index (κ3) is 3.40. The van der Waals surface area contributed by atoms with Gasteiger partial charge >= 0.3 is 0 Å². The van der Waals surface area contributed by atoms with Crippen molar-refractivity contribution in [1.82, 2.24) is 15.0 Å². The number of benzene rings is 2. The van der Waals surface area contributed by atoms with Gasteiger partial charge in [-0.3, -0.25) is 4.98 Å². The number of likely N-dealkylation sites (N-methyl/N-ethyl adjacent to an activating group) is 1. The number of fused-ring (bicyclic) bond motifs is 1. The average molecular weight is 340 g/mol. The molecule has 2 aromatic heterocycles. The Morgan fingerprint density at radius 2 is 1.54 bits per heavy atom. The molecule has 2 heterocycles. The minimum absolute atomic E-state index is 0.759. The van der Waals surface area contributed by atoms with E-state index < -0.39 is 0 Å². The van der Waals surface area contributed by atoms with Gasteiger partial charge in [0.25, 0.3) is 0 Å². The highest BCUT2D eigenvalue weighted by Gasteiger charge is 2.12. The molecule has 4 rings (SSSR count). The highest BCUT2D eigenvalue weighted by atomic mass is 15.2. The maximum atomic E-state index is 4.89. The van der Waals surface area contributed by atoms with Crippen molar-refractivity contribution in [2.75, 3.05) is 18.5 Å². The van der Waals surface area contributed by atoms with E-state index in [1.165, 1.54) is 5.56 Å². The number of pyridine rings is 1. The summed E-state index contributed by atoms with van der Waals surface area (Å²) in [5.41, 5.74) is 3.27. The Bertz CT molecular complexity index is 1000. The van der Waals surface area contributed by atoms with Crippen LogP contribution in [0.25, 0.3) is 22.3 Å². The fourth-order valence-electron chi connectivity index (χ4n) is 3.02. The summed E-state index contributed by atoms with van der Waals surface area (Å²) in [7, 11) is 2.09. The number of anilines is 1. The van der Waals surface area contributed by atoms with Crippen LogP contribution in [0.2, 0.25) is 0 Å². The van der Waals surface area contributed by atoms with Crippen LogP contribution in [-0.4, -0.2) is 28.5 Å². The summed E-state index contributed by atoms with van der Waals surface area (Å²) in [4.78, 5) is 15.9. The molecule has 0 aliphatic heterocycles. The monoisotopic (exact) mass is 340 g/mol. The standard InChI is InChI=1S/C22H20N4/c1-26(16-13-17-11-14-23-15-12-17)22-19-9-5-6-10-20(19)24-21(25-22)18-7-3-2-4-8-18/h2-12,14-15H,13,16H2,1H3. The van der Waals surface area contributed by atoms with Gasteiger partial charge in [-0.1, -0.05) is 42.5 Å². The van der Waals surface area contributed by atoms with E-state index in [0.29, 0.717) is 0 Å². The van der Waals surface area contributed by atoms with Gasteiger partial charge in [0, 0.05) is 36.9 Å². The van der Waals surface area contributed by atoms with Crippen LogP contribution in [0, 0.1) is 0 Å². The van der Waals surface area contributed by atoms with E-state index in [0.717, 1.165) is 41.1 Å². The smallest absolute Gasteiger partial charge is 0.162 e. The second-order valence-corrected chi connectivity index (χ2v) is 6.28. The normalized spacial score (nSPS) is 10.8. The van der Waals surface area contributed by atoms with Crippen molar-refractivity contribution in [3.05, 3.63) is 84.7 Å². The molecule has 0 N–H and O–H groups in total. The molecule has 0 atom stereocenters. The van der Waals surface area contributed by atoms with Crippen molar-refractivity contribution in [2.24, 2.45) is 0 Å². The SMILES string of the molecule is CN(CCc1ccncc1)c1nc(-c2ccccc2)nc2ccccc12. The molecule has 0 saturated heterocycles. The molecule has 2 aromatic carbocycles. The molecule has 4 aromatic rings. The minimum atomic E-state index is 0.759. The topological polar surface area (TPSA) is 41.9 Å². The van der Waals surface area contributed by atoms with Gasteiger partial charge in [-0.2, -0.15) is 0 Å². The average Bonchev–Trinajstić information content (AvgIpc) is 2.72. The van der Waals surface area contributed by atoms with E-state index in [4.69, 9.17) is 9.97 Å². The first-order valence-corrected chi connectivity index (χ1v) is 8.73. The molecule has 0 radical (unpaired) electrons. The number of hydrogen-bond acceptors (Lipinski definition) is 4. The van der Waals surface area contributed by atoms with Crippen LogP contribution in [0.3, 0.4) is 0 Å². The second kappa shape index (κ2) is 7.31. The molecule has 0 aliphatic rings. The Labute approximate surface area is 153 Å². The van der Waals surface area contributed by atoms with Gasteiger partial charge in [0.2, 0.25) is 0 Å². The van der Waals surface area contributed by atoms with Crippen LogP contribution in [0.15, 0.2) is 79.1 Å². The first-order chi connectivity index (χ1) is 12.8. The van der Waals surface area contributed by atoms with Crippen molar-refractivity contribution >= 4 is 16.7 Å². The molecule has 0 spiro atoms.